The lowest BCUT2D eigenvalue weighted by Crippen LogP contribution is -2.47. The fourth-order valence-corrected chi connectivity index (χ4v) is 2.77. The Morgan fingerprint density at radius 3 is 2.67 bits per heavy atom. The molecule has 2 heterocycles. The van der Waals surface area contributed by atoms with Gasteiger partial charge < -0.3 is 9.64 Å². The molecule has 1 saturated heterocycles. The number of aromatic nitrogens is 2. The summed E-state index contributed by atoms with van der Waals surface area (Å²) in [6.07, 6.45) is 0.693. The molecule has 0 unspecified atom stereocenters. The summed E-state index contributed by atoms with van der Waals surface area (Å²) in [6.45, 7) is 7.88. The Balaban J connectivity index is 2.02. The minimum absolute atomic E-state index is 0.0511. The van der Waals surface area contributed by atoms with Gasteiger partial charge in [0, 0.05) is 12.2 Å². The summed E-state index contributed by atoms with van der Waals surface area (Å²) >= 11 is 2.19. The van der Waals surface area contributed by atoms with E-state index in [0.717, 1.165) is 9.26 Å². The van der Waals surface area contributed by atoms with E-state index in [1.165, 1.54) is 4.90 Å². The maximum absolute atomic E-state index is 14.5. The molecule has 0 aliphatic carbocycles. The maximum atomic E-state index is 14.5. The van der Waals surface area contributed by atoms with E-state index in [1.54, 1.807) is 31.6 Å². The largest absolute Gasteiger partial charge is 0.444 e. The van der Waals surface area contributed by atoms with Crippen LogP contribution in [-0.2, 0) is 4.74 Å². The minimum atomic E-state index is -1.14. The molecular weight excluding hydrogens is 388 g/mol. The minimum Gasteiger partial charge on any atom is -0.444 e. The first-order valence-corrected chi connectivity index (χ1v) is 8.08. The summed E-state index contributed by atoms with van der Waals surface area (Å²) in [5.74, 6) is 0. The van der Waals surface area contributed by atoms with Gasteiger partial charge in [-0.3, -0.25) is 4.68 Å². The molecule has 1 fully saturated rings. The van der Waals surface area contributed by atoms with Gasteiger partial charge in [-0.1, -0.05) is 0 Å². The molecule has 118 valence electrons. The van der Waals surface area contributed by atoms with Crippen LogP contribution in [0.25, 0.3) is 0 Å². The van der Waals surface area contributed by atoms with Crippen LogP contribution in [-0.4, -0.2) is 45.6 Å². The predicted molar refractivity (Wildman–Crippen MR) is 86.0 cm³/mol. The van der Waals surface area contributed by atoms with E-state index in [0.29, 0.717) is 13.0 Å². The monoisotopic (exact) mass is 409 g/mol. The van der Waals surface area contributed by atoms with Gasteiger partial charge in [-0.2, -0.15) is 5.10 Å². The lowest BCUT2D eigenvalue weighted by Gasteiger charge is -2.36. The molecule has 0 bridgehead atoms. The van der Waals surface area contributed by atoms with Crippen molar-refractivity contribution in [3.05, 3.63) is 15.5 Å². The van der Waals surface area contributed by atoms with Crippen molar-refractivity contribution < 1.29 is 13.9 Å². The molecule has 2 atom stereocenters. The van der Waals surface area contributed by atoms with Gasteiger partial charge in [-0.15, -0.1) is 0 Å². The van der Waals surface area contributed by atoms with Crippen LogP contribution in [0.2, 0.25) is 0 Å². The van der Waals surface area contributed by atoms with Crippen molar-refractivity contribution in [2.24, 2.45) is 0 Å². The van der Waals surface area contributed by atoms with Crippen LogP contribution in [0.5, 0.6) is 0 Å². The third-order valence-corrected chi connectivity index (χ3v) is 4.52. The summed E-state index contributed by atoms with van der Waals surface area (Å²) in [7, 11) is 0. The first kappa shape index (κ1) is 16.5. The van der Waals surface area contributed by atoms with Gasteiger partial charge in [-0.05, 0) is 56.7 Å². The molecule has 0 radical (unpaired) electrons. The molecule has 0 N–H and O–H groups in total. The van der Waals surface area contributed by atoms with Crippen LogP contribution in [0.1, 0.15) is 38.9 Å². The molecule has 0 aromatic carbocycles. The van der Waals surface area contributed by atoms with E-state index in [9.17, 15) is 9.18 Å². The second-order valence-corrected chi connectivity index (χ2v) is 7.48. The number of halogens is 2. The van der Waals surface area contributed by atoms with Gasteiger partial charge in [0.1, 0.15) is 11.8 Å². The van der Waals surface area contributed by atoms with E-state index in [-0.39, 0.29) is 12.6 Å². The van der Waals surface area contributed by atoms with E-state index >= 15 is 0 Å². The Hall–Kier alpha value is -0.860. The molecule has 1 amide bonds. The maximum Gasteiger partial charge on any atom is 0.410 e. The number of ether oxygens (including phenoxy) is 1. The molecule has 1 aliphatic rings. The number of hydrogen-bond acceptors (Lipinski definition) is 3. The molecule has 2 rings (SSSR count). The average molecular weight is 409 g/mol. The number of nitrogens with zero attached hydrogens (tertiary/aromatic N) is 3. The fraction of sp³-hybridized carbons (Fsp3) is 0.714. The molecule has 1 aliphatic heterocycles. The number of likely N-dealkylation sites (tertiary alicyclic amines) is 1. The van der Waals surface area contributed by atoms with Crippen molar-refractivity contribution in [2.45, 2.75) is 51.9 Å². The number of amides is 1. The number of hydrogen-bond donors (Lipinski definition) is 0. The highest BCUT2D eigenvalue weighted by Crippen LogP contribution is 2.28. The van der Waals surface area contributed by atoms with Crippen molar-refractivity contribution in [1.82, 2.24) is 14.7 Å². The van der Waals surface area contributed by atoms with E-state index in [2.05, 4.69) is 27.7 Å². The van der Waals surface area contributed by atoms with Crippen molar-refractivity contribution in [3.8, 4) is 0 Å². The van der Waals surface area contributed by atoms with E-state index in [1.807, 2.05) is 6.92 Å². The van der Waals surface area contributed by atoms with Gasteiger partial charge in [-0.25, -0.2) is 9.18 Å². The lowest BCUT2D eigenvalue weighted by atomic mass is 10.0. The molecule has 5 nitrogen and oxygen atoms in total. The predicted octanol–water partition coefficient (Wildman–Crippen LogP) is 3.32. The topological polar surface area (TPSA) is 47.4 Å². The smallest absolute Gasteiger partial charge is 0.410 e. The molecular formula is C14H21FIN3O2. The Morgan fingerprint density at radius 2 is 2.19 bits per heavy atom. The zero-order valence-corrected chi connectivity index (χ0v) is 14.9. The average Bonchev–Trinajstić information content (AvgIpc) is 2.68. The van der Waals surface area contributed by atoms with Gasteiger partial charge in [0.05, 0.1) is 22.4 Å². The summed E-state index contributed by atoms with van der Waals surface area (Å²) in [5, 5.41) is 4.25. The summed E-state index contributed by atoms with van der Waals surface area (Å²) in [6, 6.07) is -0.313. The SMILES string of the molecule is Cc1c(I)cnn1[C@H]1CCN(C(=O)OC(C)(C)C)C[C@@H]1F. The van der Waals surface area contributed by atoms with Crippen LogP contribution in [0.4, 0.5) is 9.18 Å². The van der Waals surface area contributed by atoms with Crippen molar-refractivity contribution >= 4 is 28.7 Å². The second kappa shape index (κ2) is 6.10. The summed E-state index contributed by atoms with van der Waals surface area (Å²) in [4.78, 5) is 13.4. The van der Waals surface area contributed by atoms with Crippen molar-refractivity contribution in [3.63, 3.8) is 0 Å². The Kier molecular flexibility index (Phi) is 4.79. The van der Waals surface area contributed by atoms with E-state index in [4.69, 9.17) is 4.74 Å². The second-order valence-electron chi connectivity index (χ2n) is 6.32. The Labute approximate surface area is 138 Å². The van der Waals surface area contributed by atoms with Gasteiger partial charge in [0.15, 0.2) is 0 Å². The number of alkyl halides is 1. The van der Waals surface area contributed by atoms with Crippen molar-refractivity contribution in [1.29, 1.82) is 0 Å². The highest BCUT2D eigenvalue weighted by Gasteiger charge is 2.35. The molecule has 0 saturated carbocycles. The number of rotatable bonds is 1. The van der Waals surface area contributed by atoms with Crippen molar-refractivity contribution in [2.75, 3.05) is 13.1 Å². The molecule has 1 aromatic rings. The van der Waals surface area contributed by atoms with Crippen LogP contribution in [0.15, 0.2) is 6.20 Å². The lowest BCUT2D eigenvalue weighted by molar-refractivity contribution is 0.00560. The Morgan fingerprint density at radius 1 is 1.52 bits per heavy atom. The number of carbonyl (C=O) groups excluding carboxylic acids is 1. The highest BCUT2D eigenvalue weighted by atomic mass is 127. The Bertz CT molecular complexity index is 527. The van der Waals surface area contributed by atoms with Gasteiger partial charge in [0.2, 0.25) is 0 Å². The van der Waals surface area contributed by atoms with Crippen LogP contribution >= 0.6 is 22.6 Å². The standard InChI is InChI=1S/C14H21FIN3O2/c1-9-11(16)7-17-19(9)12-5-6-18(8-10(12)15)13(20)21-14(2,3)4/h7,10,12H,5-6,8H2,1-4H3/t10-,12-/m0/s1. The zero-order chi connectivity index (χ0) is 15.8. The first-order chi connectivity index (χ1) is 9.69. The van der Waals surface area contributed by atoms with Crippen LogP contribution < -0.4 is 0 Å². The fourth-order valence-electron chi connectivity index (χ4n) is 2.40. The van der Waals surface area contributed by atoms with Gasteiger partial charge >= 0.3 is 6.09 Å². The quantitative estimate of drug-likeness (QED) is 0.669. The number of carbonyl (C=O) groups is 1. The third-order valence-electron chi connectivity index (χ3n) is 3.46. The molecule has 21 heavy (non-hydrogen) atoms. The third kappa shape index (κ3) is 3.87. The first-order valence-electron chi connectivity index (χ1n) is 7.00. The highest BCUT2D eigenvalue weighted by molar-refractivity contribution is 14.1. The zero-order valence-electron chi connectivity index (χ0n) is 12.8. The molecule has 0 spiro atoms. The summed E-state index contributed by atoms with van der Waals surface area (Å²) < 4.78 is 22.5. The number of piperidine rings is 1. The van der Waals surface area contributed by atoms with Gasteiger partial charge in [0.25, 0.3) is 0 Å². The van der Waals surface area contributed by atoms with Crippen LogP contribution in [0.3, 0.4) is 0 Å². The van der Waals surface area contributed by atoms with E-state index < -0.39 is 17.9 Å². The molecule has 7 heteroatoms. The normalized spacial score (nSPS) is 23.2. The molecule has 1 aromatic heterocycles. The van der Waals surface area contributed by atoms with Crippen LogP contribution in [0, 0.1) is 10.5 Å². The summed E-state index contributed by atoms with van der Waals surface area (Å²) in [5.41, 5.74) is 0.406.